The zero-order valence-corrected chi connectivity index (χ0v) is 15.9. The van der Waals surface area contributed by atoms with Crippen LogP contribution in [-0.4, -0.2) is 28.6 Å². The molecule has 26 heavy (non-hydrogen) atoms. The molecule has 0 bridgehead atoms. The first-order valence-corrected chi connectivity index (χ1v) is 9.59. The third kappa shape index (κ3) is 4.35. The molecular weight excluding hydrogens is 344 g/mol. The number of rotatable bonds is 7. The van der Waals surface area contributed by atoms with E-state index in [1.165, 1.54) is 5.56 Å². The summed E-state index contributed by atoms with van der Waals surface area (Å²) in [6, 6.07) is 15.6. The summed E-state index contributed by atoms with van der Waals surface area (Å²) in [5.41, 5.74) is 2.83. The summed E-state index contributed by atoms with van der Waals surface area (Å²) in [5.74, 6) is -0.0304. The largest absolute Gasteiger partial charge is 0.339 e. The Bertz CT molecular complexity index is 882. The van der Waals surface area contributed by atoms with Crippen LogP contribution in [0.1, 0.15) is 40.7 Å². The first-order valence-electron chi connectivity index (χ1n) is 8.77. The molecule has 0 aliphatic heterocycles. The van der Waals surface area contributed by atoms with Gasteiger partial charge >= 0.3 is 0 Å². The number of benzene rings is 2. The second-order valence-corrected chi connectivity index (χ2v) is 7.41. The Morgan fingerprint density at radius 1 is 1.04 bits per heavy atom. The van der Waals surface area contributed by atoms with Gasteiger partial charge in [0.25, 0.3) is 0 Å². The van der Waals surface area contributed by atoms with Crippen molar-refractivity contribution >= 4 is 33.2 Å². The Hall–Kier alpha value is -2.53. The molecular formula is C21H22N2O2S. The molecule has 0 unspecified atom stereocenters. The minimum absolute atomic E-state index is 0.00869. The van der Waals surface area contributed by atoms with E-state index < -0.39 is 0 Å². The molecule has 1 heterocycles. The Morgan fingerprint density at radius 3 is 2.46 bits per heavy atom. The van der Waals surface area contributed by atoms with Gasteiger partial charge in [0.05, 0.1) is 16.8 Å². The van der Waals surface area contributed by atoms with Crippen LogP contribution in [0.5, 0.6) is 0 Å². The number of hydrogen-bond donors (Lipinski definition) is 0. The van der Waals surface area contributed by atoms with Crippen molar-refractivity contribution in [1.29, 1.82) is 0 Å². The molecule has 0 radical (unpaired) electrons. The van der Waals surface area contributed by atoms with E-state index in [1.807, 2.05) is 48.5 Å². The number of amides is 1. The minimum atomic E-state index is -0.0391. The first kappa shape index (κ1) is 18.3. The average Bonchev–Trinajstić information content (AvgIpc) is 3.08. The lowest BCUT2D eigenvalue weighted by atomic mass is 10.0. The van der Waals surface area contributed by atoms with Crippen LogP contribution < -0.4 is 0 Å². The van der Waals surface area contributed by atoms with E-state index in [1.54, 1.807) is 23.3 Å². The monoisotopic (exact) mass is 366 g/mol. The molecule has 5 heteroatoms. The van der Waals surface area contributed by atoms with Crippen molar-refractivity contribution in [3.05, 3.63) is 64.7 Å². The molecule has 3 aromatic rings. The highest BCUT2D eigenvalue weighted by molar-refractivity contribution is 7.18. The number of ketones is 1. The topological polar surface area (TPSA) is 50.3 Å². The second kappa shape index (κ2) is 8.23. The molecule has 0 aliphatic carbocycles. The Balaban J connectivity index is 1.54. The lowest BCUT2D eigenvalue weighted by Gasteiger charge is -2.15. The van der Waals surface area contributed by atoms with Gasteiger partial charge in [0, 0.05) is 25.5 Å². The highest BCUT2D eigenvalue weighted by Crippen LogP contribution is 2.22. The number of carbonyl (C=O) groups is 2. The number of carbonyl (C=O) groups excluding carboxylic acids is 2. The summed E-state index contributed by atoms with van der Waals surface area (Å²) in [5, 5.41) is 0.906. The Labute approximate surface area is 157 Å². The number of nitrogens with zero attached hydrogens (tertiary/aromatic N) is 2. The first-order chi connectivity index (χ1) is 12.6. The number of thiazole rings is 1. The molecule has 0 atom stereocenters. The van der Waals surface area contributed by atoms with E-state index in [0.717, 1.165) is 21.6 Å². The standard InChI is InChI=1S/C21H22N2O2S/c1-3-15-8-10-16(11-9-15)18(24)12-13-21(25)23(2)14-20-22-17-6-4-5-7-19(17)26-20/h4-11H,3,12-14H2,1-2H3. The minimum Gasteiger partial charge on any atom is -0.339 e. The van der Waals surface area contributed by atoms with Crippen molar-refractivity contribution in [2.45, 2.75) is 32.7 Å². The van der Waals surface area contributed by atoms with Crippen LogP contribution in [0.3, 0.4) is 0 Å². The number of fused-ring (bicyclic) bond motifs is 1. The maximum Gasteiger partial charge on any atom is 0.223 e. The average molecular weight is 366 g/mol. The normalized spacial score (nSPS) is 10.8. The summed E-state index contributed by atoms with van der Waals surface area (Å²) < 4.78 is 1.12. The zero-order chi connectivity index (χ0) is 18.5. The van der Waals surface area contributed by atoms with Gasteiger partial charge in [-0.2, -0.15) is 0 Å². The predicted molar refractivity (Wildman–Crippen MR) is 105 cm³/mol. The summed E-state index contributed by atoms with van der Waals surface area (Å²) in [6.07, 6.45) is 1.40. The van der Waals surface area contributed by atoms with Crippen LogP contribution in [0.25, 0.3) is 10.2 Å². The number of hydrogen-bond acceptors (Lipinski definition) is 4. The van der Waals surface area contributed by atoms with Crippen molar-refractivity contribution in [2.24, 2.45) is 0 Å². The smallest absolute Gasteiger partial charge is 0.223 e. The lowest BCUT2D eigenvalue weighted by Crippen LogP contribution is -2.26. The Kier molecular flexibility index (Phi) is 5.78. The van der Waals surface area contributed by atoms with Gasteiger partial charge in [0.15, 0.2) is 5.78 Å². The maximum atomic E-state index is 12.3. The van der Waals surface area contributed by atoms with Crippen LogP contribution in [0.2, 0.25) is 0 Å². The van der Waals surface area contributed by atoms with E-state index >= 15 is 0 Å². The van der Waals surface area contributed by atoms with E-state index in [2.05, 4.69) is 11.9 Å². The number of Topliss-reactive ketones (excluding diaryl/α,β-unsaturated/α-hetero) is 1. The third-order valence-corrected chi connectivity index (χ3v) is 5.41. The van der Waals surface area contributed by atoms with Crippen molar-refractivity contribution in [3.63, 3.8) is 0 Å². The second-order valence-electron chi connectivity index (χ2n) is 6.30. The van der Waals surface area contributed by atoms with Crippen LogP contribution in [0, 0.1) is 0 Å². The van der Waals surface area contributed by atoms with Gasteiger partial charge < -0.3 is 4.90 Å². The molecule has 2 aromatic carbocycles. The highest BCUT2D eigenvalue weighted by atomic mass is 32.1. The summed E-state index contributed by atoms with van der Waals surface area (Å²) in [7, 11) is 1.76. The fourth-order valence-electron chi connectivity index (χ4n) is 2.76. The van der Waals surface area contributed by atoms with Gasteiger partial charge in [-0.05, 0) is 24.1 Å². The lowest BCUT2D eigenvalue weighted by molar-refractivity contribution is -0.130. The molecule has 1 aromatic heterocycles. The maximum absolute atomic E-state index is 12.3. The van der Waals surface area contributed by atoms with Crippen molar-refractivity contribution in [2.75, 3.05) is 7.05 Å². The number of aromatic nitrogens is 1. The molecule has 0 fully saturated rings. The number of aryl methyl sites for hydroxylation is 1. The van der Waals surface area contributed by atoms with Crippen LogP contribution in [0.4, 0.5) is 0 Å². The fourth-order valence-corrected chi connectivity index (χ4v) is 3.78. The van der Waals surface area contributed by atoms with Crippen LogP contribution in [-0.2, 0) is 17.8 Å². The van der Waals surface area contributed by atoms with E-state index in [0.29, 0.717) is 12.1 Å². The Morgan fingerprint density at radius 2 is 1.77 bits per heavy atom. The van der Waals surface area contributed by atoms with E-state index in [9.17, 15) is 9.59 Å². The number of para-hydroxylation sites is 1. The zero-order valence-electron chi connectivity index (χ0n) is 15.1. The van der Waals surface area contributed by atoms with E-state index in [-0.39, 0.29) is 24.5 Å². The molecule has 3 rings (SSSR count). The molecule has 1 amide bonds. The van der Waals surface area contributed by atoms with Crippen molar-refractivity contribution < 1.29 is 9.59 Å². The molecule has 0 saturated carbocycles. The molecule has 0 aliphatic rings. The van der Waals surface area contributed by atoms with E-state index in [4.69, 9.17) is 0 Å². The van der Waals surface area contributed by atoms with Gasteiger partial charge in [0.2, 0.25) is 5.91 Å². The van der Waals surface area contributed by atoms with Gasteiger partial charge in [-0.3, -0.25) is 9.59 Å². The highest BCUT2D eigenvalue weighted by Gasteiger charge is 2.15. The van der Waals surface area contributed by atoms with Crippen molar-refractivity contribution in [1.82, 2.24) is 9.88 Å². The van der Waals surface area contributed by atoms with Crippen molar-refractivity contribution in [3.8, 4) is 0 Å². The molecule has 134 valence electrons. The fraction of sp³-hybridized carbons (Fsp3) is 0.286. The molecule has 4 nitrogen and oxygen atoms in total. The van der Waals surface area contributed by atoms with Gasteiger partial charge in [-0.1, -0.05) is 43.3 Å². The summed E-state index contributed by atoms with van der Waals surface area (Å²) in [4.78, 5) is 30.8. The van der Waals surface area contributed by atoms with Gasteiger partial charge in [0.1, 0.15) is 5.01 Å². The molecule has 0 N–H and O–H groups in total. The van der Waals surface area contributed by atoms with Gasteiger partial charge in [-0.15, -0.1) is 11.3 Å². The molecule has 0 saturated heterocycles. The van der Waals surface area contributed by atoms with Crippen LogP contribution >= 0.6 is 11.3 Å². The quantitative estimate of drug-likeness (QED) is 0.579. The van der Waals surface area contributed by atoms with Crippen LogP contribution in [0.15, 0.2) is 48.5 Å². The van der Waals surface area contributed by atoms with Gasteiger partial charge in [-0.25, -0.2) is 4.98 Å². The third-order valence-electron chi connectivity index (χ3n) is 4.39. The summed E-state index contributed by atoms with van der Waals surface area (Å²) in [6.45, 7) is 2.55. The SMILES string of the molecule is CCc1ccc(C(=O)CCC(=O)N(C)Cc2nc3ccccc3s2)cc1. The summed E-state index contributed by atoms with van der Waals surface area (Å²) >= 11 is 1.60. The predicted octanol–water partition coefficient (Wildman–Crippen LogP) is 4.48. The molecule has 0 spiro atoms.